The van der Waals surface area contributed by atoms with Gasteiger partial charge in [-0.3, -0.25) is 13.9 Å². The van der Waals surface area contributed by atoms with Gasteiger partial charge in [-0.25, -0.2) is 8.42 Å². The molecule has 2 aromatic rings. The van der Waals surface area contributed by atoms with Crippen LogP contribution >= 0.6 is 23.2 Å². The molecule has 0 saturated carbocycles. The molecule has 2 rings (SSSR count). The Morgan fingerprint density at radius 2 is 1.71 bits per heavy atom. The molecule has 0 heterocycles. The molecule has 2 amide bonds. The Balaban J connectivity index is 2.17. The second kappa shape index (κ2) is 13.1. The van der Waals surface area contributed by atoms with Crippen LogP contribution in [-0.2, 0) is 26.2 Å². The minimum atomic E-state index is -3.53. The van der Waals surface area contributed by atoms with Crippen LogP contribution in [0.1, 0.15) is 44.2 Å². The van der Waals surface area contributed by atoms with Gasteiger partial charge in [0.2, 0.25) is 21.8 Å². The molecule has 0 spiro atoms. The first-order valence-electron chi connectivity index (χ1n) is 11.5. The van der Waals surface area contributed by atoms with Crippen LogP contribution in [0, 0.1) is 6.92 Å². The summed E-state index contributed by atoms with van der Waals surface area (Å²) in [5.41, 5.74) is 2.30. The van der Waals surface area contributed by atoms with Crippen LogP contribution in [0.15, 0.2) is 42.5 Å². The largest absolute Gasteiger partial charge is 0.354 e. The molecule has 35 heavy (non-hydrogen) atoms. The normalized spacial score (nSPS) is 12.2. The number of sulfonamides is 1. The van der Waals surface area contributed by atoms with Gasteiger partial charge in [0.15, 0.2) is 0 Å². The van der Waals surface area contributed by atoms with E-state index in [0.717, 1.165) is 23.8 Å². The average Bonchev–Trinajstić information content (AvgIpc) is 2.80. The molecular weight excluding hydrogens is 509 g/mol. The second-order valence-corrected chi connectivity index (χ2v) is 11.2. The number of hydrogen-bond donors (Lipinski definition) is 1. The van der Waals surface area contributed by atoms with Crippen LogP contribution in [0.4, 0.5) is 5.69 Å². The fourth-order valence-corrected chi connectivity index (χ4v) is 4.81. The molecule has 2 aromatic carbocycles. The molecule has 0 aromatic heterocycles. The zero-order valence-electron chi connectivity index (χ0n) is 20.6. The zero-order chi connectivity index (χ0) is 26.2. The van der Waals surface area contributed by atoms with Gasteiger partial charge in [0, 0.05) is 26.1 Å². The average molecular weight is 543 g/mol. The first kappa shape index (κ1) is 28.9. The van der Waals surface area contributed by atoms with Crippen molar-refractivity contribution in [2.45, 2.75) is 52.6 Å². The van der Waals surface area contributed by atoms with Crippen molar-refractivity contribution in [2.75, 3.05) is 23.7 Å². The highest BCUT2D eigenvalue weighted by atomic mass is 35.5. The number of halogens is 2. The van der Waals surface area contributed by atoms with E-state index in [-0.39, 0.29) is 31.3 Å². The van der Waals surface area contributed by atoms with E-state index in [1.54, 1.807) is 37.3 Å². The maximum absolute atomic E-state index is 13.3. The van der Waals surface area contributed by atoms with E-state index < -0.39 is 16.1 Å². The van der Waals surface area contributed by atoms with Gasteiger partial charge in [-0.15, -0.1) is 0 Å². The van der Waals surface area contributed by atoms with Gasteiger partial charge in [-0.05, 0) is 56.5 Å². The number of aryl methyl sites for hydroxylation is 1. The lowest BCUT2D eigenvalue weighted by atomic mass is 10.1. The summed E-state index contributed by atoms with van der Waals surface area (Å²) in [6, 6.07) is 11.5. The molecule has 0 bridgehead atoms. The van der Waals surface area contributed by atoms with Crippen LogP contribution in [0.25, 0.3) is 0 Å². The molecule has 0 radical (unpaired) electrons. The smallest absolute Gasteiger partial charge is 0.242 e. The van der Waals surface area contributed by atoms with Crippen LogP contribution in [-0.4, -0.2) is 50.5 Å². The van der Waals surface area contributed by atoms with Crippen LogP contribution in [0.5, 0.6) is 0 Å². The van der Waals surface area contributed by atoms with E-state index in [9.17, 15) is 18.0 Å². The molecule has 1 atom stereocenters. The summed E-state index contributed by atoms with van der Waals surface area (Å²) in [5, 5.41) is 3.59. The fourth-order valence-electron chi connectivity index (χ4n) is 3.53. The van der Waals surface area contributed by atoms with E-state index in [4.69, 9.17) is 23.2 Å². The van der Waals surface area contributed by atoms with Gasteiger partial charge >= 0.3 is 0 Å². The van der Waals surface area contributed by atoms with E-state index in [1.807, 2.05) is 26.0 Å². The summed E-state index contributed by atoms with van der Waals surface area (Å²) in [4.78, 5) is 27.4. The topological polar surface area (TPSA) is 86.8 Å². The molecule has 0 fully saturated rings. The zero-order valence-corrected chi connectivity index (χ0v) is 22.9. The molecular formula is C25H33Cl2N3O4S. The van der Waals surface area contributed by atoms with Gasteiger partial charge in [0.25, 0.3) is 0 Å². The number of nitrogens with one attached hydrogen (secondary N) is 1. The maximum atomic E-state index is 13.3. The van der Waals surface area contributed by atoms with E-state index in [0.29, 0.717) is 28.7 Å². The highest BCUT2D eigenvalue weighted by Crippen LogP contribution is 2.24. The lowest BCUT2D eigenvalue weighted by Gasteiger charge is -2.29. The molecule has 10 heteroatoms. The molecule has 7 nitrogen and oxygen atoms in total. The minimum Gasteiger partial charge on any atom is -0.354 e. The second-order valence-electron chi connectivity index (χ2n) is 8.51. The number of amides is 2. The first-order chi connectivity index (χ1) is 16.4. The van der Waals surface area contributed by atoms with Gasteiger partial charge in [0.05, 0.1) is 22.0 Å². The van der Waals surface area contributed by atoms with Crippen molar-refractivity contribution >= 4 is 50.7 Å². The number of anilines is 1. The maximum Gasteiger partial charge on any atom is 0.242 e. The third-order valence-corrected chi connectivity index (χ3v) is 7.46. The van der Waals surface area contributed by atoms with Gasteiger partial charge in [0.1, 0.15) is 6.04 Å². The Morgan fingerprint density at radius 3 is 2.29 bits per heavy atom. The van der Waals surface area contributed by atoms with Crippen molar-refractivity contribution in [3.05, 3.63) is 63.6 Å². The third-order valence-electron chi connectivity index (χ3n) is 5.53. The fraction of sp³-hybridized carbons (Fsp3) is 0.440. The van der Waals surface area contributed by atoms with Crippen molar-refractivity contribution < 1.29 is 18.0 Å². The van der Waals surface area contributed by atoms with Crippen LogP contribution < -0.4 is 9.62 Å². The SMILES string of the molecule is CCCNC(=O)[C@@H](C)N(Cc1ccc(Cl)c(Cl)c1)C(=O)CCCN(c1ccc(C)cc1)S(C)(=O)=O. The predicted octanol–water partition coefficient (Wildman–Crippen LogP) is 4.79. The Labute approximate surface area is 218 Å². The van der Waals surface area contributed by atoms with Crippen molar-refractivity contribution in [3.8, 4) is 0 Å². The molecule has 0 unspecified atom stereocenters. The molecule has 0 aliphatic rings. The molecule has 192 valence electrons. The quantitative estimate of drug-likeness (QED) is 0.418. The summed E-state index contributed by atoms with van der Waals surface area (Å²) in [7, 11) is -3.53. The molecule has 0 saturated heterocycles. The Morgan fingerprint density at radius 1 is 1.06 bits per heavy atom. The third kappa shape index (κ3) is 8.70. The van der Waals surface area contributed by atoms with E-state index >= 15 is 0 Å². The Bertz CT molecular complexity index is 1120. The monoisotopic (exact) mass is 541 g/mol. The number of hydrogen-bond acceptors (Lipinski definition) is 4. The summed E-state index contributed by atoms with van der Waals surface area (Å²) >= 11 is 12.2. The lowest BCUT2D eigenvalue weighted by molar-refractivity contribution is -0.140. The van der Waals surface area contributed by atoms with E-state index in [1.165, 1.54) is 9.21 Å². The highest BCUT2D eigenvalue weighted by molar-refractivity contribution is 7.92. The van der Waals surface area contributed by atoms with E-state index in [2.05, 4.69) is 5.32 Å². The Kier molecular flexibility index (Phi) is 10.9. The van der Waals surface area contributed by atoms with Gasteiger partial charge in [-0.1, -0.05) is 53.9 Å². The summed E-state index contributed by atoms with van der Waals surface area (Å²) in [6.45, 7) is 6.38. The molecule has 0 aliphatic carbocycles. The number of nitrogens with zero attached hydrogens (tertiary/aromatic N) is 2. The number of benzene rings is 2. The highest BCUT2D eigenvalue weighted by Gasteiger charge is 2.26. The number of rotatable bonds is 12. The van der Waals surface area contributed by atoms with Crippen LogP contribution in [0.2, 0.25) is 10.0 Å². The minimum absolute atomic E-state index is 0.0740. The molecule has 1 N–H and O–H groups in total. The Hall–Kier alpha value is -2.29. The number of carbonyl (C=O) groups is 2. The van der Waals surface area contributed by atoms with Crippen molar-refractivity contribution in [1.82, 2.24) is 10.2 Å². The molecule has 0 aliphatic heterocycles. The van der Waals surface area contributed by atoms with Crippen molar-refractivity contribution in [2.24, 2.45) is 0 Å². The summed E-state index contributed by atoms with van der Waals surface area (Å²) < 4.78 is 26.1. The number of carbonyl (C=O) groups excluding carboxylic acids is 2. The predicted molar refractivity (Wildman–Crippen MR) is 142 cm³/mol. The van der Waals surface area contributed by atoms with Crippen molar-refractivity contribution in [3.63, 3.8) is 0 Å². The van der Waals surface area contributed by atoms with Crippen LogP contribution in [0.3, 0.4) is 0 Å². The standard InChI is InChI=1S/C25H33Cl2N3O4S/c1-5-14-28-25(32)19(3)29(17-20-10-13-22(26)23(27)16-20)24(31)7-6-15-30(35(4,33)34)21-11-8-18(2)9-12-21/h8-13,16,19H,5-7,14-15,17H2,1-4H3,(H,28,32)/t19-/m1/s1. The first-order valence-corrected chi connectivity index (χ1v) is 14.1. The van der Waals surface area contributed by atoms with Gasteiger partial charge < -0.3 is 10.2 Å². The lowest BCUT2D eigenvalue weighted by Crippen LogP contribution is -2.47. The summed E-state index contributed by atoms with van der Waals surface area (Å²) in [5.74, 6) is -0.509. The summed E-state index contributed by atoms with van der Waals surface area (Å²) in [6.07, 6.45) is 2.29. The van der Waals surface area contributed by atoms with Gasteiger partial charge in [-0.2, -0.15) is 0 Å². The van der Waals surface area contributed by atoms with Crippen molar-refractivity contribution in [1.29, 1.82) is 0 Å².